The van der Waals surface area contributed by atoms with Crippen LogP contribution in [0, 0.1) is 0 Å². The summed E-state index contributed by atoms with van der Waals surface area (Å²) in [6.07, 6.45) is 1.76. The standard InChI is InChI=1S/C19H20O7/c1-2-3-4-11-5-12(20)7-16-18(11)15(22)10-19(24,26-16)9-14-6-13(21)8-17(23)25-14/h5-8,20-21,24H,2-4,9-10H2,1H3. The zero-order chi connectivity index (χ0) is 18.9. The van der Waals surface area contributed by atoms with Gasteiger partial charge in [0.25, 0.3) is 0 Å². The van der Waals surface area contributed by atoms with Crippen LogP contribution in [0.1, 0.15) is 47.9 Å². The minimum Gasteiger partial charge on any atom is -0.508 e. The molecule has 26 heavy (non-hydrogen) atoms. The van der Waals surface area contributed by atoms with Crippen LogP contribution in [-0.4, -0.2) is 26.9 Å². The molecule has 0 radical (unpaired) electrons. The van der Waals surface area contributed by atoms with Crippen molar-refractivity contribution < 1.29 is 29.3 Å². The third-order valence-corrected chi connectivity index (χ3v) is 4.24. The van der Waals surface area contributed by atoms with Crippen molar-refractivity contribution in [2.75, 3.05) is 0 Å². The van der Waals surface area contributed by atoms with Gasteiger partial charge in [-0.3, -0.25) is 4.79 Å². The molecule has 1 aliphatic heterocycles. The number of phenols is 1. The molecule has 0 spiro atoms. The van der Waals surface area contributed by atoms with E-state index < -0.39 is 11.4 Å². The summed E-state index contributed by atoms with van der Waals surface area (Å²) in [7, 11) is 0. The van der Waals surface area contributed by atoms with Gasteiger partial charge in [0, 0.05) is 12.1 Å². The molecular weight excluding hydrogens is 340 g/mol. The summed E-state index contributed by atoms with van der Waals surface area (Å²) in [5, 5.41) is 30.1. The highest BCUT2D eigenvalue weighted by Gasteiger charge is 2.41. The van der Waals surface area contributed by atoms with Gasteiger partial charge >= 0.3 is 5.63 Å². The number of aromatic hydroxyl groups is 2. The lowest BCUT2D eigenvalue weighted by atomic mass is 9.90. The minimum atomic E-state index is -1.94. The van der Waals surface area contributed by atoms with Gasteiger partial charge in [0.15, 0.2) is 5.78 Å². The molecule has 0 aliphatic carbocycles. The van der Waals surface area contributed by atoms with Gasteiger partial charge in [-0.05, 0) is 24.5 Å². The van der Waals surface area contributed by atoms with Gasteiger partial charge in [0.05, 0.1) is 24.5 Å². The molecule has 0 amide bonds. The SMILES string of the molecule is CCCCc1cc(O)cc2c1C(=O)CC(O)(Cc1cc(O)cc(=O)o1)O2. The predicted octanol–water partition coefficient (Wildman–Crippen LogP) is 2.29. The molecule has 1 aromatic carbocycles. The molecule has 3 N–H and O–H groups in total. The number of Topliss-reactive ketones (excluding diaryl/α,β-unsaturated/α-hetero) is 1. The Labute approximate surface area is 149 Å². The summed E-state index contributed by atoms with van der Waals surface area (Å²) in [6.45, 7) is 2.02. The zero-order valence-electron chi connectivity index (χ0n) is 14.3. The van der Waals surface area contributed by atoms with Crippen molar-refractivity contribution in [1.29, 1.82) is 0 Å². The minimum absolute atomic E-state index is 0.0138. The molecule has 1 unspecified atom stereocenters. The smallest absolute Gasteiger partial charge is 0.339 e. The van der Waals surface area contributed by atoms with Gasteiger partial charge in [0.1, 0.15) is 23.0 Å². The fraction of sp³-hybridized carbons (Fsp3) is 0.368. The Balaban J connectivity index is 1.94. The van der Waals surface area contributed by atoms with Crippen molar-refractivity contribution in [1.82, 2.24) is 0 Å². The summed E-state index contributed by atoms with van der Waals surface area (Å²) < 4.78 is 10.5. The average molecular weight is 360 g/mol. The van der Waals surface area contributed by atoms with Gasteiger partial charge in [-0.15, -0.1) is 0 Å². The molecule has 7 heteroatoms. The van der Waals surface area contributed by atoms with Crippen LogP contribution in [0.3, 0.4) is 0 Å². The zero-order valence-corrected chi connectivity index (χ0v) is 14.3. The number of aliphatic hydroxyl groups is 1. The number of benzene rings is 1. The summed E-state index contributed by atoms with van der Waals surface area (Å²) in [5.74, 6) is -2.54. The first kappa shape index (κ1) is 18.0. The number of rotatable bonds is 5. The number of carbonyl (C=O) groups excluding carboxylic acids is 1. The molecule has 2 heterocycles. The van der Waals surface area contributed by atoms with E-state index in [0.717, 1.165) is 18.9 Å². The lowest BCUT2D eigenvalue weighted by Crippen LogP contribution is -2.44. The van der Waals surface area contributed by atoms with E-state index in [9.17, 15) is 24.9 Å². The fourth-order valence-corrected chi connectivity index (χ4v) is 3.17. The van der Waals surface area contributed by atoms with Crippen molar-refractivity contribution >= 4 is 5.78 Å². The lowest BCUT2D eigenvalue weighted by molar-refractivity contribution is -0.140. The second-order valence-electron chi connectivity index (χ2n) is 6.51. The largest absolute Gasteiger partial charge is 0.508 e. The van der Waals surface area contributed by atoms with Crippen molar-refractivity contribution in [3.05, 3.63) is 51.6 Å². The molecule has 0 fully saturated rings. The number of ketones is 1. The van der Waals surface area contributed by atoms with Crippen LogP contribution in [0.15, 0.2) is 33.5 Å². The topological polar surface area (TPSA) is 117 Å². The Bertz CT molecular complexity index is 899. The maximum Gasteiger partial charge on any atom is 0.339 e. The van der Waals surface area contributed by atoms with E-state index in [4.69, 9.17) is 9.15 Å². The first-order chi connectivity index (χ1) is 12.3. The fourth-order valence-electron chi connectivity index (χ4n) is 3.17. The van der Waals surface area contributed by atoms with E-state index in [1.54, 1.807) is 0 Å². The van der Waals surface area contributed by atoms with Crippen LogP contribution in [0.4, 0.5) is 0 Å². The molecule has 0 saturated carbocycles. The van der Waals surface area contributed by atoms with Crippen LogP contribution in [-0.2, 0) is 12.8 Å². The van der Waals surface area contributed by atoms with E-state index in [1.807, 2.05) is 6.92 Å². The van der Waals surface area contributed by atoms with Crippen molar-refractivity contribution in [2.45, 2.75) is 44.8 Å². The summed E-state index contributed by atoms with van der Waals surface area (Å²) in [4.78, 5) is 24.0. The predicted molar refractivity (Wildman–Crippen MR) is 91.6 cm³/mol. The second-order valence-corrected chi connectivity index (χ2v) is 6.51. The van der Waals surface area contributed by atoms with Gasteiger partial charge in [0.2, 0.25) is 5.79 Å². The first-order valence-electron chi connectivity index (χ1n) is 8.43. The molecule has 2 aromatic rings. The third-order valence-electron chi connectivity index (χ3n) is 4.24. The van der Waals surface area contributed by atoms with Crippen LogP contribution < -0.4 is 10.4 Å². The van der Waals surface area contributed by atoms with Crippen LogP contribution in [0.2, 0.25) is 0 Å². The number of hydrogen-bond donors (Lipinski definition) is 3. The van der Waals surface area contributed by atoms with Gasteiger partial charge in [-0.2, -0.15) is 0 Å². The average Bonchev–Trinajstić information content (AvgIpc) is 2.49. The maximum absolute atomic E-state index is 12.7. The first-order valence-corrected chi connectivity index (χ1v) is 8.43. The van der Waals surface area contributed by atoms with Crippen molar-refractivity contribution in [3.8, 4) is 17.2 Å². The van der Waals surface area contributed by atoms with Crippen molar-refractivity contribution in [2.24, 2.45) is 0 Å². The highest BCUT2D eigenvalue weighted by Crippen LogP contribution is 2.39. The number of aryl methyl sites for hydroxylation is 1. The summed E-state index contributed by atoms with van der Waals surface area (Å²) in [6, 6.07) is 4.89. The van der Waals surface area contributed by atoms with Gasteiger partial charge < -0.3 is 24.5 Å². The molecule has 1 aliphatic rings. The van der Waals surface area contributed by atoms with Gasteiger partial charge in [-0.1, -0.05) is 13.3 Å². The van der Waals surface area contributed by atoms with Gasteiger partial charge in [-0.25, -0.2) is 4.79 Å². The molecule has 3 rings (SSSR count). The molecule has 1 atom stereocenters. The quantitative estimate of drug-likeness (QED) is 0.749. The molecule has 138 valence electrons. The Hall–Kier alpha value is -2.80. The Morgan fingerprint density at radius 1 is 1.12 bits per heavy atom. The highest BCUT2D eigenvalue weighted by molar-refractivity contribution is 6.01. The van der Waals surface area contributed by atoms with E-state index >= 15 is 0 Å². The Morgan fingerprint density at radius 3 is 2.54 bits per heavy atom. The molecule has 1 aromatic heterocycles. The Kier molecular flexibility index (Phi) is 4.73. The number of ether oxygens (including phenoxy) is 1. The number of carbonyl (C=O) groups is 1. The second kappa shape index (κ2) is 6.84. The highest BCUT2D eigenvalue weighted by atomic mass is 16.6. The normalized spacial score (nSPS) is 19.1. The van der Waals surface area contributed by atoms with Crippen LogP contribution in [0.5, 0.6) is 17.2 Å². The lowest BCUT2D eigenvalue weighted by Gasteiger charge is -2.33. The number of fused-ring (bicyclic) bond motifs is 1. The molecule has 0 bridgehead atoms. The van der Waals surface area contributed by atoms with Crippen LogP contribution in [0.25, 0.3) is 0 Å². The van der Waals surface area contributed by atoms with Crippen molar-refractivity contribution in [3.63, 3.8) is 0 Å². The summed E-state index contributed by atoms with van der Waals surface area (Å²) >= 11 is 0. The monoisotopic (exact) mass is 360 g/mol. The third kappa shape index (κ3) is 3.72. The molecule has 0 saturated heterocycles. The van der Waals surface area contributed by atoms with E-state index in [0.29, 0.717) is 17.5 Å². The maximum atomic E-state index is 12.7. The van der Waals surface area contributed by atoms with E-state index in [-0.39, 0.29) is 41.6 Å². The number of hydrogen-bond acceptors (Lipinski definition) is 7. The summed E-state index contributed by atoms with van der Waals surface area (Å²) in [5.41, 5.74) is 0.265. The number of unbranched alkanes of at least 4 members (excludes halogenated alkanes) is 1. The molecular formula is C19H20O7. The van der Waals surface area contributed by atoms with E-state index in [1.165, 1.54) is 18.2 Å². The molecule has 7 nitrogen and oxygen atoms in total. The van der Waals surface area contributed by atoms with E-state index in [2.05, 4.69) is 0 Å². The Morgan fingerprint density at radius 2 is 1.85 bits per heavy atom. The van der Waals surface area contributed by atoms with Crippen LogP contribution >= 0.6 is 0 Å². The number of phenolic OH excluding ortho intramolecular Hbond substituents is 1.